The van der Waals surface area contributed by atoms with Crippen LogP contribution in [0.25, 0.3) is 0 Å². The van der Waals surface area contributed by atoms with Gasteiger partial charge in [0.2, 0.25) is 5.72 Å². The highest BCUT2D eigenvalue weighted by Gasteiger charge is 2.27. The maximum atomic E-state index is 10.3. The van der Waals surface area contributed by atoms with Crippen LogP contribution in [0, 0.1) is 0 Å². The van der Waals surface area contributed by atoms with Gasteiger partial charge in [0.1, 0.15) is 5.76 Å². The van der Waals surface area contributed by atoms with Crippen molar-refractivity contribution in [2.45, 2.75) is 19.6 Å². The van der Waals surface area contributed by atoms with Gasteiger partial charge in [-0.05, 0) is 6.92 Å². The summed E-state index contributed by atoms with van der Waals surface area (Å²) in [5.74, 6) is 0.740. The average molecular weight is 127 g/mol. The van der Waals surface area contributed by atoms with Gasteiger partial charge in [0.15, 0.2) is 6.29 Å². The first kappa shape index (κ1) is 6.13. The first-order chi connectivity index (χ1) is 4.16. The van der Waals surface area contributed by atoms with E-state index < -0.39 is 5.72 Å². The molecule has 0 fully saturated rings. The van der Waals surface area contributed by atoms with Gasteiger partial charge in [-0.15, -0.1) is 0 Å². The van der Waals surface area contributed by atoms with Crippen molar-refractivity contribution in [2.75, 3.05) is 0 Å². The predicted octanol–water partition coefficient (Wildman–Crippen LogP) is 0.383. The second-order valence-corrected chi connectivity index (χ2v) is 2.23. The lowest BCUT2D eigenvalue weighted by atomic mass is 10.3. The molecule has 0 spiro atoms. The van der Waals surface area contributed by atoms with E-state index in [0.29, 0.717) is 0 Å². The van der Waals surface area contributed by atoms with Crippen molar-refractivity contribution in [1.29, 1.82) is 0 Å². The number of nitrogens with one attached hydrogen (secondary N) is 1. The van der Waals surface area contributed by atoms with E-state index in [1.165, 1.54) is 0 Å². The van der Waals surface area contributed by atoms with E-state index in [1.54, 1.807) is 20.0 Å². The maximum Gasteiger partial charge on any atom is 0.233 e. The zero-order valence-electron chi connectivity index (χ0n) is 5.47. The van der Waals surface area contributed by atoms with Gasteiger partial charge in [-0.3, -0.25) is 4.79 Å². The summed E-state index contributed by atoms with van der Waals surface area (Å²) in [5.41, 5.74) is -0.815. The highest BCUT2D eigenvalue weighted by molar-refractivity contribution is 5.62. The Morgan fingerprint density at radius 2 is 2.56 bits per heavy atom. The van der Waals surface area contributed by atoms with Crippen molar-refractivity contribution in [3.8, 4) is 0 Å². The van der Waals surface area contributed by atoms with Crippen molar-refractivity contribution in [1.82, 2.24) is 5.32 Å². The third-order valence-corrected chi connectivity index (χ3v) is 1.16. The Kier molecular flexibility index (Phi) is 1.20. The number of hydrogen-bond donors (Lipinski definition) is 1. The largest absolute Gasteiger partial charge is 0.465 e. The molecule has 1 unspecified atom stereocenters. The van der Waals surface area contributed by atoms with Crippen LogP contribution in [-0.4, -0.2) is 12.0 Å². The van der Waals surface area contributed by atoms with Crippen LogP contribution in [-0.2, 0) is 9.53 Å². The molecule has 0 bridgehead atoms. The van der Waals surface area contributed by atoms with Gasteiger partial charge < -0.3 is 10.1 Å². The second kappa shape index (κ2) is 1.76. The minimum Gasteiger partial charge on any atom is -0.465 e. The molecule has 0 aliphatic carbocycles. The lowest BCUT2D eigenvalue weighted by Gasteiger charge is -2.16. The van der Waals surface area contributed by atoms with Gasteiger partial charge in [0.05, 0.1) is 0 Å². The van der Waals surface area contributed by atoms with Gasteiger partial charge in [0.25, 0.3) is 0 Å². The topological polar surface area (TPSA) is 38.3 Å². The van der Waals surface area contributed by atoms with E-state index in [-0.39, 0.29) is 0 Å². The third kappa shape index (κ3) is 1.04. The highest BCUT2D eigenvalue weighted by Crippen LogP contribution is 2.14. The highest BCUT2D eigenvalue weighted by atomic mass is 16.5. The van der Waals surface area contributed by atoms with E-state index in [9.17, 15) is 4.79 Å². The van der Waals surface area contributed by atoms with E-state index in [2.05, 4.69) is 5.32 Å². The molecule has 9 heavy (non-hydrogen) atoms. The molecule has 0 saturated carbocycles. The molecule has 3 nitrogen and oxygen atoms in total. The fourth-order valence-corrected chi connectivity index (χ4v) is 0.696. The van der Waals surface area contributed by atoms with E-state index in [0.717, 1.165) is 12.0 Å². The quantitative estimate of drug-likeness (QED) is 0.517. The summed E-state index contributed by atoms with van der Waals surface area (Å²) in [6.45, 7) is 3.47. The normalized spacial score (nSPS) is 32.4. The zero-order valence-corrected chi connectivity index (χ0v) is 5.47. The van der Waals surface area contributed by atoms with Crippen molar-refractivity contribution in [3.05, 3.63) is 12.0 Å². The van der Waals surface area contributed by atoms with E-state index >= 15 is 0 Å². The molecule has 1 heterocycles. The average Bonchev–Trinajstić information content (AvgIpc) is 2.13. The lowest BCUT2D eigenvalue weighted by Crippen LogP contribution is -2.38. The van der Waals surface area contributed by atoms with Gasteiger partial charge >= 0.3 is 0 Å². The lowest BCUT2D eigenvalue weighted by molar-refractivity contribution is -0.124. The standard InChI is InChI=1S/C6H9NO2/c1-5-3-7-6(2,4-8)9-5/h3-4,7H,1-2H3. The number of allylic oxidation sites excluding steroid dienone is 1. The van der Waals surface area contributed by atoms with Gasteiger partial charge in [0, 0.05) is 13.1 Å². The van der Waals surface area contributed by atoms with Crippen molar-refractivity contribution < 1.29 is 9.53 Å². The summed E-state index contributed by atoms with van der Waals surface area (Å²) in [7, 11) is 0. The summed E-state index contributed by atoms with van der Waals surface area (Å²) in [4.78, 5) is 10.3. The van der Waals surface area contributed by atoms with Crippen molar-refractivity contribution in [2.24, 2.45) is 0 Å². The Bertz CT molecular complexity index is 164. The van der Waals surface area contributed by atoms with Crippen LogP contribution >= 0.6 is 0 Å². The maximum absolute atomic E-state index is 10.3. The Morgan fingerprint density at radius 3 is 2.78 bits per heavy atom. The first-order valence-electron chi connectivity index (χ1n) is 2.76. The molecule has 0 aromatic carbocycles. The summed E-state index contributed by atoms with van der Waals surface area (Å²) < 4.78 is 5.08. The molecular formula is C6H9NO2. The minimum atomic E-state index is -0.815. The van der Waals surface area contributed by atoms with Crippen LogP contribution in [0.1, 0.15) is 13.8 Å². The molecule has 0 amide bonds. The van der Waals surface area contributed by atoms with E-state index in [1.807, 2.05) is 0 Å². The fourth-order valence-electron chi connectivity index (χ4n) is 0.696. The van der Waals surface area contributed by atoms with Crippen molar-refractivity contribution >= 4 is 6.29 Å². The Morgan fingerprint density at radius 1 is 1.89 bits per heavy atom. The number of carbonyl (C=O) groups excluding carboxylic acids is 1. The minimum absolute atomic E-state index is 0.736. The smallest absolute Gasteiger partial charge is 0.233 e. The van der Waals surface area contributed by atoms with Crippen LogP contribution < -0.4 is 5.32 Å². The number of hydrogen-bond acceptors (Lipinski definition) is 3. The molecule has 3 heteroatoms. The van der Waals surface area contributed by atoms with E-state index in [4.69, 9.17) is 4.74 Å². The summed E-state index contributed by atoms with van der Waals surface area (Å²) in [6.07, 6.45) is 2.41. The second-order valence-electron chi connectivity index (χ2n) is 2.23. The monoisotopic (exact) mass is 127 g/mol. The van der Waals surface area contributed by atoms with Gasteiger partial charge in [-0.1, -0.05) is 0 Å². The number of ether oxygens (including phenoxy) is 1. The number of aldehydes is 1. The Hall–Kier alpha value is -0.990. The Balaban J connectivity index is 2.63. The summed E-state index contributed by atoms with van der Waals surface area (Å²) in [5, 5.41) is 2.78. The molecule has 0 radical (unpaired) electrons. The molecule has 1 rings (SSSR count). The fraction of sp³-hybridized carbons (Fsp3) is 0.500. The predicted molar refractivity (Wildman–Crippen MR) is 32.4 cm³/mol. The van der Waals surface area contributed by atoms with Crippen LogP contribution in [0.4, 0.5) is 0 Å². The molecule has 1 aliphatic rings. The van der Waals surface area contributed by atoms with Crippen LogP contribution in [0.2, 0.25) is 0 Å². The Labute approximate surface area is 53.7 Å². The molecule has 0 aromatic heterocycles. The van der Waals surface area contributed by atoms with Gasteiger partial charge in [-0.2, -0.15) is 0 Å². The summed E-state index contributed by atoms with van der Waals surface area (Å²) in [6, 6.07) is 0. The van der Waals surface area contributed by atoms with Crippen LogP contribution in [0.15, 0.2) is 12.0 Å². The van der Waals surface area contributed by atoms with Crippen LogP contribution in [0.3, 0.4) is 0 Å². The third-order valence-electron chi connectivity index (χ3n) is 1.16. The zero-order chi connectivity index (χ0) is 6.91. The molecule has 1 aliphatic heterocycles. The number of rotatable bonds is 1. The SMILES string of the molecule is CC1=CNC(C)(C=O)O1. The molecule has 1 N–H and O–H groups in total. The molecule has 50 valence electrons. The molecular weight excluding hydrogens is 118 g/mol. The molecule has 1 atom stereocenters. The van der Waals surface area contributed by atoms with Gasteiger partial charge in [-0.25, -0.2) is 0 Å². The number of carbonyl (C=O) groups is 1. The van der Waals surface area contributed by atoms with Crippen molar-refractivity contribution in [3.63, 3.8) is 0 Å². The molecule has 0 aromatic rings. The molecule has 0 saturated heterocycles. The van der Waals surface area contributed by atoms with Crippen LogP contribution in [0.5, 0.6) is 0 Å². The first-order valence-corrected chi connectivity index (χ1v) is 2.76. The summed E-state index contributed by atoms with van der Waals surface area (Å²) >= 11 is 0.